The number of hydrogen-bond donors (Lipinski definition) is 2. The smallest absolute Gasteiger partial charge is 0.327 e. The second-order valence-corrected chi connectivity index (χ2v) is 8.63. The van der Waals surface area contributed by atoms with Crippen LogP contribution in [-0.2, 0) is 14.4 Å². The van der Waals surface area contributed by atoms with Gasteiger partial charge < -0.3 is 15.3 Å². The maximum Gasteiger partial charge on any atom is 0.327 e. The lowest BCUT2D eigenvalue weighted by Gasteiger charge is -2.43. The van der Waals surface area contributed by atoms with Crippen LogP contribution < -0.4 is 5.32 Å². The molecule has 3 rings (SSSR count). The number of aliphatic carboxylic acids is 1. The van der Waals surface area contributed by atoms with Crippen LogP contribution in [0.2, 0.25) is 0 Å². The molecule has 0 spiro atoms. The standard InChI is InChI=1S/C17H19FN2O4S/c1-8(9-4-6-10(18)7-5-9)13(21)19-11-14(22)20-12(16(23)24)17(2,3)25-15(11)20/h4-8,11-12,15H,1-3H3,(H,19,21)(H,23,24)/t8-,11-,12+,15-/m1/s1. The Balaban J connectivity index is 1.70. The molecule has 2 N–H and O–H groups in total. The number of carboxylic acids is 1. The molecular weight excluding hydrogens is 347 g/mol. The molecule has 2 aliphatic rings. The fourth-order valence-electron chi connectivity index (χ4n) is 3.33. The van der Waals surface area contributed by atoms with Gasteiger partial charge >= 0.3 is 5.97 Å². The second kappa shape index (κ2) is 6.01. The number of hydrogen-bond acceptors (Lipinski definition) is 4. The highest BCUT2D eigenvalue weighted by Crippen LogP contribution is 2.50. The Morgan fingerprint density at radius 2 is 1.92 bits per heavy atom. The molecule has 1 aromatic carbocycles. The maximum absolute atomic E-state index is 13.0. The van der Waals surface area contributed by atoms with Crippen molar-refractivity contribution in [1.29, 1.82) is 0 Å². The van der Waals surface area contributed by atoms with Crippen molar-refractivity contribution in [2.45, 2.75) is 48.9 Å². The minimum atomic E-state index is -1.04. The van der Waals surface area contributed by atoms with E-state index in [9.17, 15) is 23.9 Å². The number of halogens is 1. The van der Waals surface area contributed by atoms with Gasteiger partial charge in [-0.3, -0.25) is 9.59 Å². The first kappa shape index (κ1) is 17.7. The maximum atomic E-state index is 13.0. The van der Waals surface area contributed by atoms with Crippen LogP contribution in [0.25, 0.3) is 0 Å². The van der Waals surface area contributed by atoms with Crippen molar-refractivity contribution >= 4 is 29.5 Å². The summed E-state index contributed by atoms with van der Waals surface area (Å²) in [7, 11) is 0. The normalized spacial score (nSPS) is 28.1. The Hall–Kier alpha value is -2.09. The summed E-state index contributed by atoms with van der Waals surface area (Å²) in [4.78, 5) is 37.6. The molecule has 6 nitrogen and oxygen atoms in total. The molecule has 2 saturated heterocycles. The van der Waals surface area contributed by atoms with Crippen molar-refractivity contribution in [1.82, 2.24) is 10.2 Å². The molecule has 0 bridgehead atoms. The van der Waals surface area contributed by atoms with E-state index in [0.29, 0.717) is 5.56 Å². The molecule has 25 heavy (non-hydrogen) atoms. The lowest BCUT2D eigenvalue weighted by molar-refractivity contribution is -0.161. The van der Waals surface area contributed by atoms with Crippen molar-refractivity contribution in [2.75, 3.05) is 0 Å². The van der Waals surface area contributed by atoms with Crippen LogP contribution >= 0.6 is 11.8 Å². The zero-order valence-corrected chi connectivity index (χ0v) is 14.8. The molecule has 1 aromatic rings. The Morgan fingerprint density at radius 1 is 1.32 bits per heavy atom. The Bertz CT molecular complexity index is 737. The Labute approximate surface area is 148 Å². The third kappa shape index (κ3) is 2.88. The van der Waals surface area contributed by atoms with Gasteiger partial charge in [-0.15, -0.1) is 11.8 Å². The quantitative estimate of drug-likeness (QED) is 0.790. The molecule has 2 heterocycles. The molecule has 2 fully saturated rings. The molecule has 4 atom stereocenters. The summed E-state index contributed by atoms with van der Waals surface area (Å²) >= 11 is 1.38. The van der Waals surface area contributed by atoms with Crippen molar-refractivity contribution in [3.63, 3.8) is 0 Å². The highest BCUT2D eigenvalue weighted by atomic mass is 32.2. The van der Waals surface area contributed by atoms with Gasteiger partial charge in [0.15, 0.2) is 0 Å². The van der Waals surface area contributed by atoms with Crippen molar-refractivity contribution in [3.8, 4) is 0 Å². The lowest BCUT2D eigenvalue weighted by Crippen LogP contribution is -2.70. The van der Waals surface area contributed by atoms with Crippen LogP contribution in [0.5, 0.6) is 0 Å². The number of carbonyl (C=O) groups excluding carboxylic acids is 2. The molecular formula is C17H19FN2O4S. The molecule has 0 aliphatic carbocycles. The van der Waals surface area contributed by atoms with E-state index in [2.05, 4.69) is 5.32 Å². The fourth-order valence-corrected chi connectivity index (χ4v) is 4.95. The summed E-state index contributed by atoms with van der Waals surface area (Å²) in [6.45, 7) is 5.24. The first-order valence-electron chi connectivity index (χ1n) is 7.92. The first-order valence-corrected chi connectivity index (χ1v) is 8.80. The minimum absolute atomic E-state index is 0.346. The van der Waals surface area contributed by atoms with E-state index in [0.717, 1.165) is 0 Å². The molecule has 2 amide bonds. The zero-order valence-electron chi connectivity index (χ0n) is 14.0. The second-order valence-electron chi connectivity index (χ2n) is 6.86. The van der Waals surface area contributed by atoms with E-state index in [1.165, 1.54) is 40.9 Å². The van der Waals surface area contributed by atoms with Gasteiger partial charge in [0.25, 0.3) is 0 Å². The molecule has 8 heteroatoms. The highest BCUT2D eigenvalue weighted by molar-refractivity contribution is 8.01. The van der Waals surface area contributed by atoms with Crippen molar-refractivity contribution < 1.29 is 23.9 Å². The van der Waals surface area contributed by atoms with E-state index in [4.69, 9.17) is 0 Å². The van der Waals surface area contributed by atoms with Gasteiger partial charge in [-0.2, -0.15) is 0 Å². The van der Waals surface area contributed by atoms with Crippen LogP contribution in [0.4, 0.5) is 4.39 Å². The zero-order chi connectivity index (χ0) is 18.5. The number of benzene rings is 1. The number of carbonyl (C=O) groups is 3. The lowest BCUT2D eigenvalue weighted by atomic mass is 9.95. The third-order valence-corrected chi connectivity index (χ3v) is 6.31. The van der Waals surface area contributed by atoms with Crippen molar-refractivity contribution in [2.24, 2.45) is 0 Å². The predicted octanol–water partition coefficient (Wildman–Crippen LogP) is 1.56. The van der Waals surface area contributed by atoms with Gasteiger partial charge in [-0.25, -0.2) is 9.18 Å². The highest BCUT2D eigenvalue weighted by Gasteiger charge is 2.64. The molecule has 134 valence electrons. The predicted molar refractivity (Wildman–Crippen MR) is 90.5 cm³/mol. The monoisotopic (exact) mass is 366 g/mol. The number of thioether (sulfide) groups is 1. The van der Waals surface area contributed by atoms with Crippen LogP contribution in [0.1, 0.15) is 32.3 Å². The first-order chi connectivity index (χ1) is 11.6. The summed E-state index contributed by atoms with van der Waals surface area (Å²) in [6, 6.07) is 3.98. The number of rotatable bonds is 4. The molecule has 0 unspecified atom stereocenters. The van der Waals surface area contributed by atoms with E-state index in [1.807, 2.05) is 0 Å². The van der Waals surface area contributed by atoms with E-state index in [1.54, 1.807) is 20.8 Å². The topological polar surface area (TPSA) is 86.7 Å². The average molecular weight is 366 g/mol. The third-order valence-electron chi connectivity index (χ3n) is 4.74. The summed E-state index contributed by atoms with van der Waals surface area (Å²) in [5, 5.41) is 11.7. The summed E-state index contributed by atoms with van der Waals surface area (Å²) in [5.74, 6) is -2.70. The van der Waals surface area contributed by atoms with Crippen LogP contribution in [0.3, 0.4) is 0 Å². The van der Waals surface area contributed by atoms with E-state index in [-0.39, 0.29) is 23.0 Å². The number of nitrogens with zero attached hydrogens (tertiary/aromatic N) is 1. The van der Waals surface area contributed by atoms with Gasteiger partial charge in [0.2, 0.25) is 11.8 Å². The van der Waals surface area contributed by atoms with Gasteiger partial charge in [0.05, 0.1) is 5.92 Å². The molecule has 2 aliphatic heterocycles. The summed E-state index contributed by atoms with van der Waals surface area (Å²) in [5.41, 5.74) is 0.644. The Kier molecular flexibility index (Phi) is 4.26. The molecule has 0 saturated carbocycles. The SMILES string of the molecule is C[C@@H](C(=O)N[C@@H]1C(=O)N2[C@@H]1SC(C)(C)[C@@H]2C(=O)O)c1ccc(F)cc1. The molecule has 0 aromatic heterocycles. The number of carboxylic acid groups (broad SMARTS) is 1. The van der Waals surface area contributed by atoms with Gasteiger partial charge in [0, 0.05) is 4.75 Å². The number of amides is 2. The minimum Gasteiger partial charge on any atom is -0.480 e. The summed E-state index contributed by atoms with van der Waals surface area (Å²) < 4.78 is 12.4. The van der Waals surface area contributed by atoms with Gasteiger partial charge in [-0.05, 0) is 38.5 Å². The largest absolute Gasteiger partial charge is 0.480 e. The molecule has 0 radical (unpaired) electrons. The number of β-lactam (4-membered cyclic amide) rings is 1. The van der Waals surface area contributed by atoms with Crippen LogP contribution in [0.15, 0.2) is 24.3 Å². The van der Waals surface area contributed by atoms with E-state index >= 15 is 0 Å². The van der Waals surface area contributed by atoms with E-state index < -0.39 is 28.7 Å². The van der Waals surface area contributed by atoms with Crippen LogP contribution in [0, 0.1) is 5.82 Å². The summed E-state index contributed by atoms with van der Waals surface area (Å²) in [6.07, 6.45) is 0. The van der Waals surface area contributed by atoms with Crippen molar-refractivity contribution in [3.05, 3.63) is 35.6 Å². The van der Waals surface area contributed by atoms with Gasteiger partial charge in [0.1, 0.15) is 23.3 Å². The van der Waals surface area contributed by atoms with Crippen LogP contribution in [-0.4, -0.2) is 50.0 Å². The Morgan fingerprint density at radius 3 is 2.48 bits per heavy atom. The number of nitrogens with one attached hydrogen (secondary N) is 1. The van der Waals surface area contributed by atoms with Gasteiger partial charge in [-0.1, -0.05) is 12.1 Å². The fraction of sp³-hybridized carbons (Fsp3) is 0.471. The average Bonchev–Trinajstić information content (AvgIpc) is 2.80. The number of fused-ring (bicyclic) bond motifs is 1.